The monoisotopic (exact) mass is 246 g/mol. The van der Waals surface area contributed by atoms with E-state index in [1.165, 1.54) is 18.3 Å². The number of halogens is 1. The molecule has 0 saturated heterocycles. The van der Waals surface area contributed by atoms with Gasteiger partial charge >= 0.3 is 0 Å². The molecule has 1 amide bonds. The molecule has 1 heterocycles. The SMILES string of the molecule is Cc1cc(C(=O)NN=Cc2ccc(F)cc2)n[nH]1. The number of benzene rings is 1. The van der Waals surface area contributed by atoms with Crippen molar-refractivity contribution >= 4 is 12.1 Å². The number of hydrogen-bond acceptors (Lipinski definition) is 3. The van der Waals surface area contributed by atoms with Gasteiger partial charge in [0.25, 0.3) is 5.91 Å². The normalized spacial score (nSPS) is 10.8. The number of carbonyl (C=O) groups excluding carboxylic acids is 1. The quantitative estimate of drug-likeness (QED) is 0.638. The molecule has 0 radical (unpaired) electrons. The largest absolute Gasteiger partial charge is 0.291 e. The van der Waals surface area contributed by atoms with Crippen LogP contribution in [-0.2, 0) is 0 Å². The first kappa shape index (κ1) is 12.0. The van der Waals surface area contributed by atoms with Crippen LogP contribution in [0.15, 0.2) is 35.4 Å². The highest BCUT2D eigenvalue weighted by atomic mass is 19.1. The number of aromatic amines is 1. The molecule has 5 nitrogen and oxygen atoms in total. The van der Waals surface area contributed by atoms with Crippen molar-refractivity contribution in [1.29, 1.82) is 0 Å². The van der Waals surface area contributed by atoms with E-state index in [-0.39, 0.29) is 11.5 Å². The van der Waals surface area contributed by atoms with E-state index >= 15 is 0 Å². The Morgan fingerprint density at radius 2 is 2.17 bits per heavy atom. The molecule has 0 unspecified atom stereocenters. The van der Waals surface area contributed by atoms with E-state index in [0.717, 1.165) is 5.69 Å². The van der Waals surface area contributed by atoms with E-state index < -0.39 is 5.91 Å². The van der Waals surface area contributed by atoms with Gasteiger partial charge in [-0.25, -0.2) is 9.82 Å². The van der Waals surface area contributed by atoms with Crippen LogP contribution in [0.3, 0.4) is 0 Å². The van der Waals surface area contributed by atoms with E-state index in [1.54, 1.807) is 25.1 Å². The first-order valence-corrected chi connectivity index (χ1v) is 5.26. The molecule has 1 aromatic heterocycles. The number of rotatable bonds is 3. The fourth-order valence-corrected chi connectivity index (χ4v) is 1.31. The summed E-state index contributed by atoms with van der Waals surface area (Å²) in [5.41, 5.74) is 4.08. The van der Waals surface area contributed by atoms with E-state index in [0.29, 0.717) is 5.56 Å². The number of H-pyrrole nitrogens is 1. The van der Waals surface area contributed by atoms with E-state index in [4.69, 9.17) is 0 Å². The zero-order valence-corrected chi connectivity index (χ0v) is 9.64. The summed E-state index contributed by atoms with van der Waals surface area (Å²) in [7, 11) is 0. The first-order chi connectivity index (χ1) is 8.65. The van der Waals surface area contributed by atoms with Crippen molar-refractivity contribution in [2.24, 2.45) is 5.10 Å². The standard InChI is InChI=1S/C12H11FN4O/c1-8-6-11(16-15-8)12(18)17-14-7-9-2-4-10(13)5-3-9/h2-7H,1H3,(H,15,16)(H,17,18). The summed E-state index contributed by atoms with van der Waals surface area (Å²) in [6.07, 6.45) is 1.43. The molecule has 0 aliphatic rings. The Balaban J connectivity index is 1.95. The van der Waals surface area contributed by atoms with Gasteiger partial charge in [0, 0.05) is 5.69 Å². The average molecular weight is 246 g/mol. The van der Waals surface area contributed by atoms with Crippen molar-refractivity contribution in [3.63, 3.8) is 0 Å². The van der Waals surface area contributed by atoms with Crippen molar-refractivity contribution in [2.75, 3.05) is 0 Å². The summed E-state index contributed by atoms with van der Waals surface area (Å²) in [6.45, 7) is 1.80. The van der Waals surface area contributed by atoms with Gasteiger partial charge in [0.1, 0.15) is 5.82 Å². The molecule has 92 valence electrons. The highest BCUT2D eigenvalue weighted by Gasteiger charge is 2.07. The zero-order chi connectivity index (χ0) is 13.0. The zero-order valence-electron chi connectivity index (χ0n) is 9.64. The molecule has 0 aliphatic heterocycles. The lowest BCUT2D eigenvalue weighted by atomic mass is 10.2. The second-order valence-electron chi connectivity index (χ2n) is 3.69. The third-order valence-electron chi connectivity index (χ3n) is 2.19. The molecule has 2 N–H and O–H groups in total. The molecule has 1 aromatic carbocycles. The number of nitrogens with one attached hydrogen (secondary N) is 2. The highest BCUT2D eigenvalue weighted by Crippen LogP contribution is 2.00. The Bertz CT molecular complexity index is 574. The van der Waals surface area contributed by atoms with Gasteiger partial charge < -0.3 is 0 Å². The number of hydrazone groups is 1. The third-order valence-corrected chi connectivity index (χ3v) is 2.19. The van der Waals surface area contributed by atoms with Crippen LogP contribution in [-0.4, -0.2) is 22.3 Å². The van der Waals surface area contributed by atoms with Crippen LogP contribution in [0.1, 0.15) is 21.7 Å². The number of aromatic nitrogens is 2. The number of nitrogens with zero attached hydrogens (tertiary/aromatic N) is 2. The lowest BCUT2D eigenvalue weighted by Gasteiger charge is -1.95. The molecule has 0 saturated carbocycles. The van der Waals surface area contributed by atoms with Crippen LogP contribution in [0.5, 0.6) is 0 Å². The topological polar surface area (TPSA) is 70.1 Å². The minimum atomic E-state index is -0.405. The minimum Gasteiger partial charge on any atom is -0.282 e. The maximum Gasteiger partial charge on any atom is 0.291 e. The predicted molar refractivity (Wildman–Crippen MR) is 64.8 cm³/mol. The summed E-state index contributed by atoms with van der Waals surface area (Å²) in [5.74, 6) is -0.721. The molecular weight excluding hydrogens is 235 g/mol. The molecule has 0 spiro atoms. The lowest BCUT2D eigenvalue weighted by Crippen LogP contribution is -2.17. The number of amides is 1. The van der Waals surface area contributed by atoms with Gasteiger partial charge in [-0.1, -0.05) is 12.1 Å². The van der Waals surface area contributed by atoms with Gasteiger partial charge in [0.2, 0.25) is 0 Å². The molecule has 0 aliphatic carbocycles. The number of carbonyl (C=O) groups is 1. The number of aryl methyl sites for hydroxylation is 1. The summed E-state index contributed by atoms with van der Waals surface area (Å²) in [5, 5.41) is 10.2. The summed E-state index contributed by atoms with van der Waals surface area (Å²) in [6, 6.07) is 7.37. The Morgan fingerprint density at radius 3 is 2.78 bits per heavy atom. The fraction of sp³-hybridized carbons (Fsp3) is 0.0833. The summed E-state index contributed by atoms with van der Waals surface area (Å²) >= 11 is 0. The molecule has 0 bridgehead atoms. The molecule has 2 rings (SSSR count). The van der Waals surface area contributed by atoms with Gasteiger partial charge in [-0.05, 0) is 30.7 Å². The number of hydrogen-bond donors (Lipinski definition) is 2. The van der Waals surface area contributed by atoms with Gasteiger partial charge in [0.15, 0.2) is 5.69 Å². The van der Waals surface area contributed by atoms with Crippen LogP contribution in [0.4, 0.5) is 4.39 Å². The van der Waals surface area contributed by atoms with Gasteiger partial charge in [-0.3, -0.25) is 9.89 Å². The van der Waals surface area contributed by atoms with Gasteiger partial charge in [-0.2, -0.15) is 10.2 Å². The molecular formula is C12H11FN4O. The Hall–Kier alpha value is -2.50. The van der Waals surface area contributed by atoms with E-state index in [9.17, 15) is 9.18 Å². The molecule has 0 fully saturated rings. The van der Waals surface area contributed by atoms with Gasteiger partial charge in [-0.15, -0.1) is 0 Å². The fourth-order valence-electron chi connectivity index (χ4n) is 1.31. The van der Waals surface area contributed by atoms with Crippen molar-refractivity contribution in [3.05, 3.63) is 53.1 Å². The van der Waals surface area contributed by atoms with E-state index in [2.05, 4.69) is 20.7 Å². The molecule has 6 heteroatoms. The van der Waals surface area contributed by atoms with Crippen LogP contribution < -0.4 is 5.43 Å². The summed E-state index contributed by atoms with van der Waals surface area (Å²) in [4.78, 5) is 11.5. The average Bonchev–Trinajstić information content (AvgIpc) is 2.78. The molecule has 0 atom stereocenters. The maximum atomic E-state index is 12.6. The first-order valence-electron chi connectivity index (χ1n) is 5.26. The maximum absolute atomic E-state index is 12.6. The molecule has 2 aromatic rings. The smallest absolute Gasteiger partial charge is 0.282 e. The Kier molecular flexibility index (Phi) is 3.47. The van der Waals surface area contributed by atoms with Crippen LogP contribution >= 0.6 is 0 Å². The van der Waals surface area contributed by atoms with Crippen molar-refractivity contribution < 1.29 is 9.18 Å². The third kappa shape index (κ3) is 3.00. The van der Waals surface area contributed by atoms with Gasteiger partial charge in [0.05, 0.1) is 6.21 Å². The molecule has 18 heavy (non-hydrogen) atoms. The highest BCUT2D eigenvalue weighted by molar-refractivity contribution is 5.93. The minimum absolute atomic E-state index is 0.267. The van der Waals surface area contributed by atoms with Crippen molar-refractivity contribution in [1.82, 2.24) is 15.6 Å². The van der Waals surface area contributed by atoms with Crippen LogP contribution in [0.25, 0.3) is 0 Å². The Morgan fingerprint density at radius 1 is 1.44 bits per heavy atom. The van der Waals surface area contributed by atoms with Crippen molar-refractivity contribution in [3.8, 4) is 0 Å². The van der Waals surface area contributed by atoms with E-state index in [1.807, 2.05) is 0 Å². The van der Waals surface area contributed by atoms with Crippen molar-refractivity contribution in [2.45, 2.75) is 6.92 Å². The predicted octanol–water partition coefficient (Wildman–Crippen LogP) is 1.62. The van der Waals surface area contributed by atoms with Crippen LogP contribution in [0.2, 0.25) is 0 Å². The Labute approximate surface area is 103 Å². The second kappa shape index (κ2) is 5.22. The summed E-state index contributed by atoms with van der Waals surface area (Å²) < 4.78 is 12.6. The van der Waals surface area contributed by atoms with Crippen LogP contribution in [0, 0.1) is 12.7 Å². The lowest BCUT2D eigenvalue weighted by molar-refractivity contribution is 0.0950. The second-order valence-corrected chi connectivity index (χ2v) is 3.69.